The van der Waals surface area contributed by atoms with Crippen LogP contribution >= 0.6 is 0 Å². The number of anilines is 1. The molecule has 1 aliphatic rings. The minimum atomic E-state index is -0.454. The molecule has 2 rings (SSSR count). The number of nitro benzene ring substituents is 1. The summed E-state index contributed by atoms with van der Waals surface area (Å²) in [4.78, 5) is 24.7. The fraction of sp³-hybridized carbons (Fsp3) is 0.588. The minimum absolute atomic E-state index is 0.00890. The largest absolute Gasteiger partial charge is 0.395 e. The van der Waals surface area contributed by atoms with Gasteiger partial charge in [-0.25, -0.2) is 0 Å². The van der Waals surface area contributed by atoms with Crippen molar-refractivity contribution in [2.45, 2.75) is 45.1 Å². The molecule has 0 heterocycles. The molecule has 1 amide bonds. The van der Waals surface area contributed by atoms with Crippen molar-refractivity contribution in [1.29, 1.82) is 0 Å². The van der Waals surface area contributed by atoms with Crippen LogP contribution in [-0.2, 0) is 4.79 Å². The van der Waals surface area contributed by atoms with Crippen LogP contribution < -0.4 is 5.32 Å². The van der Waals surface area contributed by atoms with Crippen molar-refractivity contribution in [2.24, 2.45) is 0 Å². The number of aliphatic hydroxyl groups excluding tert-OH is 1. The molecule has 0 bridgehead atoms. The van der Waals surface area contributed by atoms with E-state index >= 15 is 0 Å². The molecule has 1 fully saturated rings. The van der Waals surface area contributed by atoms with Crippen molar-refractivity contribution in [3.63, 3.8) is 0 Å². The maximum atomic E-state index is 12.3. The number of rotatable bonds is 7. The Morgan fingerprint density at radius 1 is 1.38 bits per heavy atom. The first-order valence-corrected chi connectivity index (χ1v) is 8.41. The second-order valence-corrected chi connectivity index (χ2v) is 6.29. The molecule has 0 aliphatic heterocycles. The number of amides is 1. The van der Waals surface area contributed by atoms with E-state index in [4.69, 9.17) is 0 Å². The van der Waals surface area contributed by atoms with Gasteiger partial charge >= 0.3 is 0 Å². The third-order valence-electron chi connectivity index (χ3n) is 4.52. The van der Waals surface area contributed by atoms with E-state index in [2.05, 4.69) is 5.32 Å². The van der Waals surface area contributed by atoms with Crippen LogP contribution in [0, 0.1) is 17.0 Å². The molecule has 0 atom stereocenters. The van der Waals surface area contributed by atoms with E-state index in [1.807, 2.05) is 4.90 Å². The highest BCUT2D eigenvalue weighted by atomic mass is 16.6. The van der Waals surface area contributed by atoms with E-state index in [1.54, 1.807) is 13.0 Å². The highest BCUT2D eigenvalue weighted by Crippen LogP contribution is 2.23. The van der Waals surface area contributed by atoms with Gasteiger partial charge in [-0.1, -0.05) is 19.3 Å². The number of carbonyl (C=O) groups is 1. The van der Waals surface area contributed by atoms with Crippen molar-refractivity contribution >= 4 is 17.3 Å². The van der Waals surface area contributed by atoms with Crippen molar-refractivity contribution in [2.75, 3.05) is 25.0 Å². The van der Waals surface area contributed by atoms with Crippen LogP contribution in [0.3, 0.4) is 0 Å². The Morgan fingerprint density at radius 2 is 2.08 bits per heavy atom. The molecule has 1 aliphatic carbocycles. The minimum Gasteiger partial charge on any atom is -0.395 e. The summed E-state index contributed by atoms with van der Waals surface area (Å²) in [6, 6.07) is 4.73. The molecule has 0 saturated heterocycles. The predicted octanol–water partition coefficient (Wildman–Crippen LogP) is 2.47. The van der Waals surface area contributed by atoms with Crippen molar-refractivity contribution in [3.8, 4) is 0 Å². The van der Waals surface area contributed by atoms with Gasteiger partial charge in [-0.3, -0.25) is 19.8 Å². The van der Waals surface area contributed by atoms with E-state index in [1.165, 1.54) is 18.6 Å². The summed E-state index contributed by atoms with van der Waals surface area (Å²) in [5.74, 6) is -0.161. The van der Waals surface area contributed by atoms with Gasteiger partial charge in [0.2, 0.25) is 5.91 Å². The van der Waals surface area contributed by atoms with E-state index < -0.39 is 4.92 Å². The molecule has 0 spiro atoms. The third-order valence-corrected chi connectivity index (χ3v) is 4.52. The van der Waals surface area contributed by atoms with Gasteiger partial charge < -0.3 is 10.4 Å². The van der Waals surface area contributed by atoms with E-state index in [0.717, 1.165) is 25.7 Å². The Balaban J connectivity index is 1.98. The summed E-state index contributed by atoms with van der Waals surface area (Å²) >= 11 is 0. The molecule has 0 aromatic heterocycles. The quantitative estimate of drug-likeness (QED) is 0.589. The number of benzene rings is 1. The highest BCUT2D eigenvalue weighted by Gasteiger charge is 2.23. The number of nitrogens with zero attached hydrogens (tertiary/aromatic N) is 2. The number of hydrogen-bond acceptors (Lipinski definition) is 5. The number of aryl methyl sites for hydroxylation is 1. The Hall–Kier alpha value is -1.99. The first-order chi connectivity index (χ1) is 11.5. The fourth-order valence-corrected chi connectivity index (χ4v) is 3.24. The lowest BCUT2D eigenvalue weighted by atomic mass is 9.94. The normalized spacial score (nSPS) is 15.5. The Bertz CT molecular complexity index is 585. The summed E-state index contributed by atoms with van der Waals surface area (Å²) < 4.78 is 0. The molecule has 7 nitrogen and oxygen atoms in total. The topological polar surface area (TPSA) is 95.7 Å². The van der Waals surface area contributed by atoms with Crippen molar-refractivity contribution in [3.05, 3.63) is 33.9 Å². The van der Waals surface area contributed by atoms with E-state index in [0.29, 0.717) is 23.8 Å². The monoisotopic (exact) mass is 335 g/mol. The maximum Gasteiger partial charge on any atom is 0.269 e. The zero-order valence-corrected chi connectivity index (χ0v) is 14.0. The van der Waals surface area contributed by atoms with E-state index in [9.17, 15) is 20.0 Å². The second-order valence-electron chi connectivity index (χ2n) is 6.29. The van der Waals surface area contributed by atoms with Crippen LogP contribution in [0.1, 0.15) is 37.7 Å². The summed E-state index contributed by atoms with van der Waals surface area (Å²) in [6.45, 7) is 2.47. The number of nitro groups is 1. The van der Waals surface area contributed by atoms with E-state index in [-0.39, 0.29) is 24.7 Å². The molecule has 0 unspecified atom stereocenters. The van der Waals surface area contributed by atoms with Gasteiger partial charge in [0.05, 0.1) is 18.1 Å². The smallest absolute Gasteiger partial charge is 0.269 e. The molecule has 1 saturated carbocycles. The zero-order valence-electron chi connectivity index (χ0n) is 14.0. The van der Waals surface area contributed by atoms with Gasteiger partial charge in [0.1, 0.15) is 0 Å². The van der Waals surface area contributed by atoms with Gasteiger partial charge in [0, 0.05) is 30.4 Å². The van der Waals surface area contributed by atoms with Gasteiger partial charge in [-0.15, -0.1) is 0 Å². The van der Waals surface area contributed by atoms with Crippen molar-refractivity contribution in [1.82, 2.24) is 4.90 Å². The standard InChI is InChI=1S/C17H25N3O4/c1-13-11-15(20(23)24)7-8-16(13)18-17(22)12-19(9-10-21)14-5-3-2-4-6-14/h7-8,11,14,21H,2-6,9-10,12H2,1H3,(H,18,22). The molecule has 132 valence electrons. The van der Waals surface area contributed by atoms with Crippen LogP contribution in [0.25, 0.3) is 0 Å². The lowest BCUT2D eigenvalue weighted by Crippen LogP contribution is -2.43. The summed E-state index contributed by atoms with van der Waals surface area (Å²) in [5.41, 5.74) is 1.25. The average Bonchev–Trinajstić information content (AvgIpc) is 2.57. The summed E-state index contributed by atoms with van der Waals surface area (Å²) in [6.07, 6.45) is 5.68. The fourth-order valence-electron chi connectivity index (χ4n) is 3.24. The molecule has 1 aromatic rings. The Kier molecular flexibility index (Phi) is 6.69. The highest BCUT2D eigenvalue weighted by molar-refractivity contribution is 5.93. The predicted molar refractivity (Wildman–Crippen MR) is 92.0 cm³/mol. The SMILES string of the molecule is Cc1cc([N+](=O)[O-])ccc1NC(=O)CN(CCO)C1CCCCC1. The number of nitrogens with one attached hydrogen (secondary N) is 1. The molecule has 0 radical (unpaired) electrons. The van der Waals surface area contributed by atoms with Crippen LogP contribution in [0.2, 0.25) is 0 Å². The molecule has 7 heteroatoms. The maximum absolute atomic E-state index is 12.3. The molecular weight excluding hydrogens is 310 g/mol. The number of hydrogen-bond donors (Lipinski definition) is 2. The lowest BCUT2D eigenvalue weighted by Gasteiger charge is -2.33. The van der Waals surface area contributed by atoms with Crippen LogP contribution in [-0.4, -0.2) is 46.6 Å². The Morgan fingerprint density at radius 3 is 2.67 bits per heavy atom. The molecule has 2 N–H and O–H groups in total. The summed E-state index contributed by atoms with van der Waals surface area (Å²) in [5, 5.41) is 22.8. The van der Waals surface area contributed by atoms with Gasteiger partial charge in [-0.2, -0.15) is 0 Å². The van der Waals surface area contributed by atoms with Gasteiger partial charge in [0.15, 0.2) is 0 Å². The first-order valence-electron chi connectivity index (χ1n) is 8.41. The van der Waals surface area contributed by atoms with Crippen LogP contribution in [0.15, 0.2) is 18.2 Å². The van der Waals surface area contributed by atoms with Gasteiger partial charge in [-0.05, 0) is 31.4 Å². The molecular formula is C17H25N3O4. The second kappa shape index (κ2) is 8.75. The molecule has 24 heavy (non-hydrogen) atoms. The lowest BCUT2D eigenvalue weighted by molar-refractivity contribution is -0.384. The van der Waals surface area contributed by atoms with Gasteiger partial charge in [0.25, 0.3) is 5.69 Å². The average molecular weight is 335 g/mol. The molecule has 1 aromatic carbocycles. The Labute approximate surface area is 141 Å². The number of aliphatic hydroxyl groups is 1. The zero-order chi connectivity index (χ0) is 17.5. The number of carbonyl (C=O) groups excluding carboxylic acids is 1. The van der Waals surface area contributed by atoms with Crippen molar-refractivity contribution < 1.29 is 14.8 Å². The first kappa shape index (κ1) is 18.4. The van der Waals surface area contributed by atoms with Crippen LogP contribution in [0.4, 0.5) is 11.4 Å². The van der Waals surface area contributed by atoms with Crippen LogP contribution in [0.5, 0.6) is 0 Å². The third kappa shape index (κ3) is 5.01. The summed E-state index contributed by atoms with van der Waals surface area (Å²) in [7, 11) is 0. The number of non-ortho nitro benzene ring substituents is 1.